The van der Waals surface area contributed by atoms with E-state index in [1.165, 1.54) is 26.4 Å². The van der Waals surface area contributed by atoms with Gasteiger partial charge in [0.05, 0.1) is 37.7 Å². The van der Waals surface area contributed by atoms with Crippen LogP contribution in [0.2, 0.25) is 0 Å². The second kappa shape index (κ2) is 10.6. The van der Waals surface area contributed by atoms with Gasteiger partial charge in [-0.2, -0.15) is 0 Å². The van der Waals surface area contributed by atoms with Gasteiger partial charge in [0.15, 0.2) is 5.78 Å². The number of H-pyrrole nitrogens is 1. The van der Waals surface area contributed by atoms with Crippen LogP contribution in [0.3, 0.4) is 0 Å². The second-order valence-electron chi connectivity index (χ2n) is 9.92. The van der Waals surface area contributed by atoms with Crippen LogP contribution in [0.5, 0.6) is 11.5 Å². The number of phenols is 1. The van der Waals surface area contributed by atoms with Gasteiger partial charge in [0, 0.05) is 34.8 Å². The molecular weight excluding hydrogens is 512 g/mol. The van der Waals surface area contributed by atoms with Crippen LogP contribution >= 0.6 is 0 Å². The summed E-state index contributed by atoms with van der Waals surface area (Å²) in [4.78, 5) is 45.8. The number of nitrogens with zero attached hydrogens (tertiary/aromatic N) is 1. The number of ketones is 1. The largest absolute Gasteiger partial charge is 0.507 e. The third kappa shape index (κ3) is 4.04. The third-order valence-electron chi connectivity index (χ3n) is 7.72. The Kier molecular flexibility index (Phi) is 7.14. The molecule has 2 aliphatic rings. The van der Waals surface area contributed by atoms with Crippen LogP contribution in [0.4, 0.5) is 0 Å². The molecule has 3 aromatic rings. The summed E-state index contributed by atoms with van der Waals surface area (Å²) >= 11 is 0. The van der Waals surface area contributed by atoms with Crippen LogP contribution in [0.1, 0.15) is 46.9 Å². The maximum atomic E-state index is 13.8. The average Bonchev–Trinajstić information content (AvgIpc) is 3.37. The number of fused-ring (bicyclic) bond motifs is 5. The Morgan fingerprint density at radius 2 is 1.88 bits per heavy atom. The smallest absolute Gasteiger partial charge is 0.343 e. The predicted molar refractivity (Wildman–Crippen MR) is 148 cm³/mol. The number of methoxy groups -OCH3 is 2. The zero-order valence-corrected chi connectivity index (χ0v) is 23.0. The lowest BCUT2D eigenvalue weighted by Gasteiger charge is -2.46. The van der Waals surface area contributed by atoms with Crippen molar-refractivity contribution >= 4 is 28.6 Å². The Labute approximate surface area is 232 Å². The molecule has 2 aromatic carbocycles. The van der Waals surface area contributed by atoms with Crippen molar-refractivity contribution in [1.29, 1.82) is 0 Å². The first-order valence-corrected chi connectivity index (χ1v) is 13.3. The van der Waals surface area contributed by atoms with Gasteiger partial charge in [-0.1, -0.05) is 31.5 Å². The number of Topliss-reactive ketones (excluding diaryl/α,β-unsaturated/α-hetero) is 1. The topological polar surface area (TPSA) is 118 Å². The van der Waals surface area contributed by atoms with Crippen molar-refractivity contribution in [1.82, 2.24) is 9.88 Å². The number of esters is 2. The van der Waals surface area contributed by atoms with Crippen molar-refractivity contribution in [3.8, 4) is 11.5 Å². The van der Waals surface area contributed by atoms with E-state index < -0.39 is 23.3 Å². The molecule has 0 aliphatic carbocycles. The molecule has 208 valence electrons. The van der Waals surface area contributed by atoms with Gasteiger partial charge in [-0.05, 0) is 49.6 Å². The van der Waals surface area contributed by atoms with E-state index in [1.54, 1.807) is 24.1 Å². The molecule has 1 atom stereocenters. The van der Waals surface area contributed by atoms with Crippen LogP contribution < -0.4 is 4.74 Å². The number of carbonyl (C=O) groups excluding carboxylic acids is 3. The van der Waals surface area contributed by atoms with E-state index in [0.717, 1.165) is 29.3 Å². The first-order valence-electron chi connectivity index (χ1n) is 13.3. The molecule has 0 bridgehead atoms. The number of phenolic OH excluding ortho intramolecular Hbond substituents is 1. The highest BCUT2D eigenvalue weighted by Crippen LogP contribution is 2.48. The lowest BCUT2D eigenvalue weighted by Crippen LogP contribution is -2.58. The number of nitrogens with one attached hydrogen (secondary N) is 1. The number of hydrogen-bond acceptors (Lipinski definition) is 8. The predicted octanol–water partition coefficient (Wildman–Crippen LogP) is 4.47. The summed E-state index contributed by atoms with van der Waals surface area (Å²) in [7, 11) is 2.48. The van der Waals surface area contributed by atoms with Crippen molar-refractivity contribution in [2.24, 2.45) is 0 Å². The van der Waals surface area contributed by atoms with Crippen molar-refractivity contribution in [3.05, 3.63) is 82.2 Å². The average molecular weight is 545 g/mol. The highest BCUT2D eigenvalue weighted by atomic mass is 16.5. The molecule has 9 nitrogen and oxygen atoms in total. The van der Waals surface area contributed by atoms with Crippen LogP contribution in [0.25, 0.3) is 10.9 Å². The SMILES string of the molecule is CCCCOc1ccc(C(=O)C2=CN3CCc4c([nH]c5ccccc45)C3(C(=O)OC)C(C(=O)OC)=C2)c(O)c1C. The van der Waals surface area contributed by atoms with E-state index in [1.807, 2.05) is 24.3 Å². The zero-order valence-electron chi connectivity index (χ0n) is 23.0. The van der Waals surface area contributed by atoms with Crippen LogP contribution in [-0.4, -0.2) is 60.1 Å². The Balaban J connectivity index is 1.64. The lowest BCUT2D eigenvalue weighted by molar-refractivity contribution is -0.156. The molecule has 0 saturated carbocycles. The minimum atomic E-state index is -1.69. The minimum Gasteiger partial charge on any atom is -0.507 e. The number of allylic oxidation sites excluding steroid dienone is 2. The number of aromatic nitrogens is 1. The Hall–Kier alpha value is -4.53. The highest BCUT2D eigenvalue weighted by Gasteiger charge is 2.58. The number of aromatic hydroxyl groups is 1. The molecule has 0 spiro atoms. The Morgan fingerprint density at radius 1 is 1.10 bits per heavy atom. The van der Waals surface area contributed by atoms with E-state index in [9.17, 15) is 19.5 Å². The first-order chi connectivity index (χ1) is 19.3. The minimum absolute atomic E-state index is 0.0564. The summed E-state index contributed by atoms with van der Waals surface area (Å²) in [5, 5.41) is 11.9. The van der Waals surface area contributed by atoms with E-state index in [2.05, 4.69) is 11.9 Å². The van der Waals surface area contributed by atoms with Gasteiger partial charge >= 0.3 is 11.9 Å². The van der Waals surface area contributed by atoms with Gasteiger partial charge in [-0.3, -0.25) is 4.79 Å². The standard InChI is InChI=1S/C31H32N2O7/c1-5-6-15-40-25-12-11-22(26(34)18(25)2)27(35)19-16-23(29(36)38-3)31(30(37)39-4)28-21(13-14-33(31)17-19)20-9-7-8-10-24(20)32-28/h7-12,16-17,32,34H,5-6,13-15H2,1-4H3. The van der Waals surface area contributed by atoms with E-state index in [4.69, 9.17) is 14.2 Å². The maximum absolute atomic E-state index is 13.8. The summed E-state index contributed by atoms with van der Waals surface area (Å²) in [6.45, 7) is 4.56. The van der Waals surface area contributed by atoms with E-state index in [-0.39, 0.29) is 22.5 Å². The van der Waals surface area contributed by atoms with Crippen molar-refractivity contribution in [3.63, 3.8) is 0 Å². The second-order valence-corrected chi connectivity index (χ2v) is 9.92. The number of ether oxygens (including phenoxy) is 3. The third-order valence-corrected chi connectivity index (χ3v) is 7.72. The van der Waals surface area contributed by atoms with Crippen LogP contribution in [0, 0.1) is 6.92 Å². The zero-order chi connectivity index (χ0) is 28.6. The molecule has 9 heteroatoms. The molecule has 2 aliphatic heterocycles. The fourth-order valence-electron chi connectivity index (χ4n) is 5.65. The molecule has 2 N–H and O–H groups in total. The number of unbranched alkanes of at least 4 members (excludes halogenated alkanes) is 1. The molecule has 3 heterocycles. The first kappa shape index (κ1) is 27.1. The molecule has 0 amide bonds. The van der Waals surface area contributed by atoms with Crippen LogP contribution in [0.15, 0.2) is 59.8 Å². The number of aromatic amines is 1. The molecule has 1 unspecified atom stereocenters. The quantitative estimate of drug-likeness (QED) is 0.242. The van der Waals surface area contributed by atoms with Gasteiger partial charge in [0.2, 0.25) is 5.54 Å². The number of para-hydroxylation sites is 1. The molecule has 0 saturated heterocycles. The fraction of sp³-hybridized carbons (Fsp3) is 0.323. The van der Waals surface area contributed by atoms with Crippen molar-refractivity contribution < 1.29 is 33.7 Å². The van der Waals surface area contributed by atoms with Gasteiger partial charge in [0.1, 0.15) is 11.5 Å². The highest BCUT2D eigenvalue weighted by molar-refractivity contribution is 6.15. The molecule has 40 heavy (non-hydrogen) atoms. The molecule has 5 rings (SSSR count). The molecule has 0 radical (unpaired) electrons. The van der Waals surface area contributed by atoms with Crippen molar-refractivity contribution in [2.45, 2.75) is 38.6 Å². The molecular formula is C31H32N2O7. The van der Waals surface area contributed by atoms with Gasteiger partial charge in [0.25, 0.3) is 0 Å². The van der Waals surface area contributed by atoms with E-state index in [0.29, 0.717) is 36.6 Å². The van der Waals surface area contributed by atoms with Gasteiger partial charge in [-0.15, -0.1) is 0 Å². The van der Waals surface area contributed by atoms with Crippen molar-refractivity contribution in [2.75, 3.05) is 27.4 Å². The number of rotatable bonds is 8. The molecule has 0 fully saturated rings. The number of carbonyl (C=O) groups is 3. The molecule has 1 aromatic heterocycles. The summed E-state index contributed by atoms with van der Waals surface area (Å²) in [5.41, 5.74) is 1.08. The summed E-state index contributed by atoms with van der Waals surface area (Å²) in [5.74, 6) is -1.68. The number of hydrogen-bond donors (Lipinski definition) is 2. The Morgan fingerprint density at radius 3 is 2.60 bits per heavy atom. The van der Waals surface area contributed by atoms with Crippen LogP contribution in [-0.2, 0) is 31.0 Å². The Bertz CT molecular complexity index is 1580. The summed E-state index contributed by atoms with van der Waals surface area (Å²) in [6, 6.07) is 10.8. The maximum Gasteiger partial charge on any atom is 0.343 e. The summed E-state index contributed by atoms with van der Waals surface area (Å²) in [6.07, 6.45) is 5.31. The lowest BCUT2D eigenvalue weighted by atomic mass is 9.75. The van der Waals surface area contributed by atoms with E-state index >= 15 is 0 Å². The van der Waals surface area contributed by atoms with Gasteiger partial charge in [-0.25, -0.2) is 9.59 Å². The summed E-state index contributed by atoms with van der Waals surface area (Å²) < 4.78 is 16.2. The van der Waals surface area contributed by atoms with Gasteiger partial charge < -0.3 is 29.2 Å². The normalized spacial score (nSPS) is 17.9. The number of benzene rings is 2. The fourth-order valence-corrected chi connectivity index (χ4v) is 5.65. The monoisotopic (exact) mass is 544 g/mol.